The van der Waals surface area contributed by atoms with Crippen molar-refractivity contribution in [3.05, 3.63) is 65.6 Å². The third kappa shape index (κ3) is 4.13. The molecule has 3 aromatic rings. The Hall–Kier alpha value is -3.83. The number of pyridine rings is 1. The van der Waals surface area contributed by atoms with Crippen LogP contribution in [0.5, 0.6) is 11.5 Å². The highest BCUT2D eigenvalue weighted by Gasteiger charge is 2.70. The number of nitrogens with zero attached hydrogens (tertiary/aromatic N) is 1. The van der Waals surface area contributed by atoms with E-state index < -0.39 is 36.5 Å². The van der Waals surface area contributed by atoms with Gasteiger partial charge in [0, 0.05) is 11.1 Å². The Morgan fingerprint density at radius 2 is 1.86 bits per heavy atom. The minimum Gasteiger partial charge on any atom is -0.477 e. The highest BCUT2D eigenvalue weighted by atomic mass is 31.1. The molecular formula is C27H24FNO7P+. The van der Waals surface area contributed by atoms with Crippen LogP contribution in [0.3, 0.4) is 0 Å². The summed E-state index contributed by atoms with van der Waals surface area (Å²) in [7, 11) is -3.63. The van der Waals surface area contributed by atoms with Gasteiger partial charge in [0.15, 0.2) is 17.1 Å². The predicted molar refractivity (Wildman–Crippen MR) is 134 cm³/mol. The van der Waals surface area contributed by atoms with Gasteiger partial charge in [0.05, 0.1) is 11.4 Å². The Kier molecular flexibility index (Phi) is 6.78. The van der Waals surface area contributed by atoms with E-state index in [4.69, 9.17) is 20.9 Å². The van der Waals surface area contributed by atoms with Crippen LogP contribution in [0.25, 0.3) is 22.4 Å². The largest absolute Gasteiger partial charge is 0.541 e. The first-order valence-corrected chi connectivity index (χ1v) is 12.5. The summed E-state index contributed by atoms with van der Waals surface area (Å²) in [5, 5.41) is 19.0. The molecule has 0 aliphatic carbocycles. The molecule has 0 fully saturated rings. The SMILES string of the molecule is C#CC(C(=O)O)([P+](=O)O)C(C)(O)c1c(-c2ccc(F)cc2)cc(-c2cccc3c2OCO3)nc1C(C)C. The van der Waals surface area contributed by atoms with E-state index in [0.717, 1.165) is 6.92 Å². The number of aliphatic hydroxyl groups is 1. The van der Waals surface area contributed by atoms with Gasteiger partial charge in [-0.2, -0.15) is 4.89 Å². The zero-order valence-electron chi connectivity index (χ0n) is 20.2. The fourth-order valence-corrected chi connectivity index (χ4v) is 5.29. The van der Waals surface area contributed by atoms with Crippen molar-refractivity contribution in [3.8, 4) is 46.2 Å². The first-order chi connectivity index (χ1) is 17.5. The topological polar surface area (TPSA) is 126 Å². The number of rotatable bonds is 7. The molecule has 0 amide bonds. The van der Waals surface area contributed by atoms with Crippen LogP contribution < -0.4 is 9.47 Å². The average molecular weight is 524 g/mol. The summed E-state index contributed by atoms with van der Waals surface area (Å²) in [6.45, 7) is 4.64. The Bertz CT molecular complexity index is 1430. The summed E-state index contributed by atoms with van der Waals surface area (Å²) >= 11 is 0. The molecule has 4 rings (SSSR count). The number of hydrogen-bond acceptors (Lipinski definition) is 6. The first kappa shape index (κ1) is 26.2. The van der Waals surface area contributed by atoms with Crippen molar-refractivity contribution in [2.45, 2.75) is 37.4 Å². The van der Waals surface area contributed by atoms with E-state index in [1.807, 2.05) is 5.92 Å². The van der Waals surface area contributed by atoms with E-state index in [9.17, 15) is 28.9 Å². The summed E-state index contributed by atoms with van der Waals surface area (Å²) in [6, 6.07) is 12.1. The molecule has 1 aliphatic heterocycles. The van der Waals surface area contributed by atoms with Gasteiger partial charge in [-0.15, -0.1) is 6.42 Å². The highest BCUT2D eigenvalue weighted by molar-refractivity contribution is 7.42. The van der Waals surface area contributed by atoms with Crippen LogP contribution in [0, 0.1) is 18.2 Å². The number of ether oxygens (including phenoxy) is 2. The fraction of sp³-hybridized carbons (Fsp3) is 0.259. The van der Waals surface area contributed by atoms with E-state index >= 15 is 0 Å². The van der Waals surface area contributed by atoms with E-state index in [1.165, 1.54) is 24.3 Å². The lowest BCUT2D eigenvalue weighted by molar-refractivity contribution is -0.145. The van der Waals surface area contributed by atoms with E-state index in [1.54, 1.807) is 38.1 Å². The zero-order valence-corrected chi connectivity index (χ0v) is 21.1. The predicted octanol–water partition coefficient (Wildman–Crippen LogP) is 4.81. The number of carboxylic acids is 1. The fourth-order valence-electron chi connectivity index (χ4n) is 4.54. The monoisotopic (exact) mass is 524 g/mol. The molecule has 0 spiro atoms. The van der Waals surface area contributed by atoms with Gasteiger partial charge in [-0.25, -0.2) is 9.18 Å². The van der Waals surface area contributed by atoms with Gasteiger partial charge >= 0.3 is 19.2 Å². The molecule has 10 heteroatoms. The molecule has 2 aromatic carbocycles. The van der Waals surface area contributed by atoms with Gasteiger partial charge < -0.3 is 19.7 Å². The van der Waals surface area contributed by atoms with Crippen LogP contribution in [0.1, 0.15) is 37.9 Å². The Balaban J connectivity index is 2.14. The lowest BCUT2D eigenvalue weighted by atomic mass is 9.76. The number of fused-ring (bicyclic) bond motifs is 1. The maximum Gasteiger partial charge on any atom is 0.541 e. The Morgan fingerprint density at radius 1 is 1.19 bits per heavy atom. The molecule has 3 N–H and O–H groups in total. The third-order valence-corrected chi connectivity index (χ3v) is 7.75. The molecule has 2 heterocycles. The standard InChI is InChI=1S/C27H23FNO7P/c1-5-27(25(30)31,37(33)34)26(4,32)22-19(16-9-11-17(28)12-10-16)13-20(29-23(22)15(2)3)18-7-6-8-21-24(18)36-14-35-21/h1,6-13,15,32H,14H2,2-4H3,(H-,30,31,33,34)/p+1. The lowest BCUT2D eigenvalue weighted by Crippen LogP contribution is -2.53. The van der Waals surface area contributed by atoms with Crippen LogP contribution in [0.4, 0.5) is 4.39 Å². The molecule has 1 aliphatic rings. The van der Waals surface area contributed by atoms with Crippen molar-refractivity contribution in [1.29, 1.82) is 0 Å². The lowest BCUT2D eigenvalue weighted by Gasteiger charge is -2.34. The molecule has 8 nitrogen and oxygen atoms in total. The molecule has 0 bridgehead atoms. The van der Waals surface area contributed by atoms with Gasteiger partial charge in [0.2, 0.25) is 6.79 Å². The molecule has 1 aromatic heterocycles. The third-order valence-electron chi connectivity index (χ3n) is 6.42. The molecule has 3 atom stereocenters. The Labute approximate surface area is 213 Å². The number of hydrogen-bond donors (Lipinski definition) is 3. The van der Waals surface area contributed by atoms with Gasteiger partial charge in [-0.3, -0.25) is 4.98 Å². The minimum absolute atomic E-state index is 0.0217. The summed E-state index contributed by atoms with van der Waals surface area (Å²) in [5.41, 5.74) is -0.773. The number of terminal acetylenes is 1. The van der Waals surface area contributed by atoms with Crippen molar-refractivity contribution in [3.63, 3.8) is 0 Å². The minimum atomic E-state index is -3.63. The molecule has 0 radical (unpaired) electrons. The maximum atomic E-state index is 13.8. The Morgan fingerprint density at radius 3 is 2.43 bits per heavy atom. The van der Waals surface area contributed by atoms with Gasteiger partial charge in [-0.05, 0) is 64.8 Å². The maximum absolute atomic E-state index is 13.8. The van der Waals surface area contributed by atoms with Crippen molar-refractivity contribution in [2.24, 2.45) is 0 Å². The first-order valence-electron chi connectivity index (χ1n) is 11.3. The van der Waals surface area contributed by atoms with E-state index in [-0.39, 0.29) is 23.6 Å². The summed E-state index contributed by atoms with van der Waals surface area (Å²) in [5.74, 6) is 0.0823. The summed E-state index contributed by atoms with van der Waals surface area (Å²) in [6.07, 6.45) is 5.52. The molecule has 190 valence electrons. The summed E-state index contributed by atoms with van der Waals surface area (Å²) in [4.78, 5) is 27.2. The van der Waals surface area contributed by atoms with Crippen molar-refractivity contribution >= 4 is 14.0 Å². The van der Waals surface area contributed by atoms with E-state index in [0.29, 0.717) is 28.3 Å². The van der Waals surface area contributed by atoms with Crippen molar-refractivity contribution in [2.75, 3.05) is 6.79 Å². The van der Waals surface area contributed by atoms with Gasteiger partial charge in [0.1, 0.15) is 5.82 Å². The second-order valence-corrected chi connectivity index (χ2v) is 10.2. The van der Waals surface area contributed by atoms with Crippen molar-refractivity contribution in [1.82, 2.24) is 4.98 Å². The molecule has 0 saturated carbocycles. The number of benzene rings is 2. The van der Waals surface area contributed by atoms with Crippen LogP contribution in [0.15, 0.2) is 48.5 Å². The number of aliphatic carboxylic acids is 1. The highest BCUT2D eigenvalue weighted by Crippen LogP contribution is 2.53. The molecule has 37 heavy (non-hydrogen) atoms. The molecule has 0 saturated heterocycles. The number of carboxylic acid groups (broad SMARTS) is 1. The average Bonchev–Trinajstić information content (AvgIpc) is 3.33. The number of aromatic nitrogens is 1. The van der Waals surface area contributed by atoms with Gasteiger partial charge in [-0.1, -0.05) is 32.0 Å². The normalized spacial score (nSPS) is 16.0. The van der Waals surface area contributed by atoms with Crippen LogP contribution in [-0.2, 0) is 15.0 Å². The number of para-hydroxylation sites is 1. The smallest absolute Gasteiger partial charge is 0.477 e. The number of carbonyl (C=O) groups is 1. The van der Waals surface area contributed by atoms with Crippen LogP contribution >= 0.6 is 8.03 Å². The number of halogens is 1. The second kappa shape index (κ2) is 9.56. The van der Waals surface area contributed by atoms with Gasteiger partial charge in [0.25, 0.3) is 0 Å². The van der Waals surface area contributed by atoms with Crippen molar-refractivity contribution < 1.29 is 38.3 Å². The molecule has 3 unspecified atom stereocenters. The quantitative estimate of drug-likeness (QED) is 0.297. The molecular weight excluding hydrogens is 500 g/mol. The van der Waals surface area contributed by atoms with Crippen LogP contribution in [0.2, 0.25) is 0 Å². The second-order valence-electron chi connectivity index (χ2n) is 9.02. The zero-order chi connectivity index (χ0) is 27.1. The van der Waals surface area contributed by atoms with Crippen LogP contribution in [-0.4, -0.2) is 38.0 Å². The summed E-state index contributed by atoms with van der Waals surface area (Å²) < 4.78 is 37.4. The van der Waals surface area contributed by atoms with E-state index in [2.05, 4.69) is 0 Å².